The lowest BCUT2D eigenvalue weighted by molar-refractivity contribution is -0.143. The Bertz CT molecular complexity index is 2100. The summed E-state index contributed by atoms with van der Waals surface area (Å²) in [6, 6.07) is 26.3. The first-order chi connectivity index (χ1) is 28.3. The van der Waals surface area contributed by atoms with E-state index in [-0.39, 0.29) is 35.6 Å². The maximum atomic E-state index is 13.8. The van der Waals surface area contributed by atoms with Crippen molar-refractivity contribution in [2.24, 2.45) is 5.92 Å². The van der Waals surface area contributed by atoms with Gasteiger partial charge in [0.05, 0.1) is 23.5 Å². The molecule has 0 radical (unpaired) electrons. The van der Waals surface area contributed by atoms with Crippen LogP contribution in [-0.4, -0.2) is 106 Å². The summed E-state index contributed by atoms with van der Waals surface area (Å²) in [4.78, 5) is 66.1. The molecule has 0 spiro atoms. The molecule has 1 aromatic heterocycles. The van der Waals surface area contributed by atoms with Crippen LogP contribution in [0.4, 0.5) is 11.6 Å². The highest BCUT2D eigenvalue weighted by Crippen LogP contribution is 2.33. The lowest BCUT2D eigenvalue weighted by atomic mass is 9.84. The lowest BCUT2D eigenvalue weighted by Crippen LogP contribution is -2.54. The molecule has 4 aliphatic rings. The summed E-state index contributed by atoms with van der Waals surface area (Å²) in [6.45, 7) is 4.34. The van der Waals surface area contributed by atoms with E-state index in [9.17, 15) is 19.2 Å². The average molecular weight is 803 g/mol. The number of likely N-dealkylation sites (tertiary alicyclic amines) is 1. The Morgan fingerprint density at radius 1 is 0.776 bits per heavy atom. The maximum absolute atomic E-state index is 13.8. The average Bonchev–Trinajstić information content (AvgIpc) is 3.26. The van der Waals surface area contributed by atoms with Gasteiger partial charge in [-0.15, -0.1) is 0 Å². The van der Waals surface area contributed by atoms with Gasteiger partial charge in [-0.2, -0.15) is 0 Å². The van der Waals surface area contributed by atoms with Crippen molar-refractivity contribution >= 4 is 46.9 Å². The van der Waals surface area contributed by atoms with Crippen molar-refractivity contribution in [3.8, 4) is 22.4 Å². The number of piperazine rings is 1. The molecule has 302 valence electrons. The molecule has 8 rings (SSSR count). The third kappa shape index (κ3) is 9.51. The Labute approximate surface area is 344 Å². The van der Waals surface area contributed by atoms with Gasteiger partial charge in [-0.05, 0) is 92.4 Å². The van der Waals surface area contributed by atoms with Crippen molar-refractivity contribution in [2.75, 3.05) is 56.4 Å². The van der Waals surface area contributed by atoms with E-state index < -0.39 is 6.04 Å². The smallest absolute Gasteiger partial charge is 0.249 e. The van der Waals surface area contributed by atoms with Gasteiger partial charge in [-0.1, -0.05) is 78.7 Å². The molecule has 4 heterocycles. The number of nitrogens with one attached hydrogen (secondary N) is 3. The predicted molar refractivity (Wildman–Crippen MR) is 225 cm³/mol. The van der Waals surface area contributed by atoms with E-state index >= 15 is 0 Å². The highest BCUT2D eigenvalue weighted by Gasteiger charge is 2.34. The highest BCUT2D eigenvalue weighted by atomic mass is 35.5. The number of anilines is 2. The molecule has 4 amide bonds. The van der Waals surface area contributed by atoms with E-state index in [0.29, 0.717) is 74.6 Å². The van der Waals surface area contributed by atoms with Crippen LogP contribution in [0.15, 0.2) is 85.1 Å². The monoisotopic (exact) mass is 802 g/mol. The van der Waals surface area contributed by atoms with Crippen molar-refractivity contribution < 1.29 is 19.2 Å². The van der Waals surface area contributed by atoms with Gasteiger partial charge in [-0.3, -0.25) is 29.4 Å². The topological polar surface area (TPSA) is 140 Å². The molecule has 4 fully saturated rings. The number of hydrogen-bond donors (Lipinski definition) is 3. The number of benzene rings is 3. The summed E-state index contributed by atoms with van der Waals surface area (Å²) in [7, 11) is 0. The van der Waals surface area contributed by atoms with Crippen LogP contribution in [0.3, 0.4) is 0 Å². The first-order valence-electron chi connectivity index (χ1n) is 20.7. The van der Waals surface area contributed by atoms with Gasteiger partial charge in [-0.25, -0.2) is 9.97 Å². The van der Waals surface area contributed by atoms with Crippen LogP contribution < -0.4 is 16.0 Å². The highest BCUT2D eigenvalue weighted by molar-refractivity contribution is 6.33. The molecule has 0 bridgehead atoms. The second-order valence-corrected chi connectivity index (χ2v) is 16.5. The molecule has 58 heavy (non-hydrogen) atoms. The van der Waals surface area contributed by atoms with E-state index in [1.807, 2.05) is 52.3 Å². The minimum Gasteiger partial charge on any atom is -0.374 e. The normalized spacial score (nSPS) is 22.0. The van der Waals surface area contributed by atoms with Crippen LogP contribution in [-0.2, 0) is 19.2 Å². The zero-order chi connectivity index (χ0) is 40.0. The van der Waals surface area contributed by atoms with E-state index in [0.717, 1.165) is 67.6 Å². The Morgan fingerprint density at radius 3 is 2.26 bits per heavy atom. The molecule has 3 N–H and O–H groups in total. The van der Waals surface area contributed by atoms with Gasteiger partial charge in [0.15, 0.2) is 0 Å². The molecule has 12 nitrogen and oxygen atoms in total. The summed E-state index contributed by atoms with van der Waals surface area (Å²) in [5.74, 6) is 0.655. The fourth-order valence-electron chi connectivity index (χ4n) is 8.88. The number of carbonyl (C=O) groups excluding carboxylic acids is 4. The van der Waals surface area contributed by atoms with E-state index in [1.165, 1.54) is 5.56 Å². The van der Waals surface area contributed by atoms with Gasteiger partial charge in [0.1, 0.15) is 6.04 Å². The van der Waals surface area contributed by atoms with Crippen LogP contribution in [0.2, 0.25) is 5.02 Å². The van der Waals surface area contributed by atoms with Crippen LogP contribution >= 0.6 is 11.6 Å². The molecule has 13 heteroatoms. The Hall–Kier alpha value is -5.33. The van der Waals surface area contributed by atoms with Crippen molar-refractivity contribution in [1.29, 1.82) is 0 Å². The fourth-order valence-corrected chi connectivity index (χ4v) is 9.08. The van der Waals surface area contributed by atoms with Gasteiger partial charge in [0.25, 0.3) is 0 Å². The summed E-state index contributed by atoms with van der Waals surface area (Å²) in [5, 5.41) is 9.63. The van der Waals surface area contributed by atoms with Crippen LogP contribution in [0.25, 0.3) is 22.4 Å². The van der Waals surface area contributed by atoms with E-state index in [2.05, 4.69) is 62.2 Å². The third-order valence-corrected chi connectivity index (χ3v) is 12.5. The predicted octanol–water partition coefficient (Wildman–Crippen LogP) is 6.20. The van der Waals surface area contributed by atoms with Gasteiger partial charge >= 0.3 is 0 Å². The quantitative estimate of drug-likeness (QED) is 0.160. The summed E-state index contributed by atoms with van der Waals surface area (Å²) in [5.41, 5.74) is 5.91. The van der Waals surface area contributed by atoms with E-state index in [4.69, 9.17) is 16.6 Å². The van der Waals surface area contributed by atoms with Crippen molar-refractivity contribution in [3.63, 3.8) is 0 Å². The van der Waals surface area contributed by atoms with Gasteiger partial charge < -0.3 is 20.4 Å². The van der Waals surface area contributed by atoms with E-state index in [1.54, 1.807) is 6.20 Å². The first-order valence-corrected chi connectivity index (χ1v) is 21.1. The third-order valence-electron chi connectivity index (χ3n) is 12.2. The Balaban J connectivity index is 0.774. The molecule has 1 unspecified atom stereocenters. The molecule has 3 aromatic carbocycles. The lowest BCUT2D eigenvalue weighted by Gasteiger charge is -2.39. The largest absolute Gasteiger partial charge is 0.374 e. The second-order valence-electron chi connectivity index (χ2n) is 16.1. The number of nitrogens with zero attached hydrogens (tertiary/aromatic N) is 5. The number of rotatable bonds is 10. The zero-order valence-corrected chi connectivity index (χ0v) is 33.5. The molecule has 3 atom stereocenters. The van der Waals surface area contributed by atoms with Crippen LogP contribution in [0, 0.1) is 5.92 Å². The standard InChI is InChI=1S/C45H51ClN8O4/c46-38-28-47-45(51-42(38)34-9-4-8-33(26-34)30-6-2-1-3-7-30)49-37-11-5-10-35(27-37)44(58)54-24-22-53(23-25-54)41(56)29-52-20-18-32(19-21-52)31-12-14-36(15-13-31)48-39-16-17-40(55)50-43(39)57/h1-4,6-9,12-15,26,28,32,35,37,39,48H,5,10-11,16-25,27,29H2,(H,47,49,51)(H,50,55,57)/t35-,37+,39?/m0/s1. The molecule has 3 saturated heterocycles. The second kappa shape index (κ2) is 18.1. The minimum atomic E-state index is -0.400. The van der Waals surface area contributed by atoms with Crippen molar-refractivity contribution in [3.05, 3.63) is 95.6 Å². The number of aromatic nitrogens is 2. The molecule has 3 aliphatic heterocycles. The number of halogens is 1. The van der Waals surface area contributed by atoms with Crippen molar-refractivity contribution in [2.45, 2.75) is 69.4 Å². The molecule has 4 aromatic rings. The SMILES string of the molecule is O=C1CCC(Nc2ccc(C3CCN(CC(=O)N4CCN(C(=O)[C@H]5CCC[C@@H](Nc6ncc(Cl)c(-c7cccc(-c8ccccc8)c7)n6)C5)CC4)CC3)cc2)C(=O)N1. The summed E-state index contributed by atoms with van der Waals surface area (Å²) in [6.07, 6.45) is 7.87. The number of piperidine rings is 2. The molecule has 1 saturated carbocycles. The number of amides is 4. The molecule has 1 aliphatic carbocycles. The van der Waals surface area contributed by atoms with Crippen molar-refractivity contribution in [1.82, 2.24) is 30.0 Å². The molecular weight excluding hydrogens is 752 g/mol. The maximum Gasteiger partial charge on any atom is 0.249 e. The fraction of sp³-hybridized carbons (Fsp3) is 0.422. The minimum absolute atomic E-state index is 0.0701. The van der Waals surface area contributed by atoms with Gasteiger partial charge in [0, 0.05) is 55.8 Å². The van der Waals surface area contributed by atoms with Gasteiger partial charge in [0.2, 0.25) is 29.6 Å². The summed E-state index contributed by atoms with van der Waals surface area (Å²) >= 11 is 6.61. The van der Waals surface area contributed by atoms with Crippen LogP contribution in [0.5, 0.6) is 0 Å². The number of hydrogen-bond acceptors (Lipinski definition) is 9. The Morgan fingerprint density at radius 2 is 1.50 bits per heavy atom. The number of carbonyl (C=O) groups is 4. The Kier molecular flexibility index (Phi) is 12.3. The first kappa shape index (κ1) is 39.5. The van der Waals surface area contributed by atoms with Crippen LogP contribution in [0.1, 0.15) is 62.8 Å². The zero-order valence-electron chi connectivity index (χ0n) is 32.7. The number of imide groups is 1. The molecular formula is C45H51ClN8O4. The summed E-state index contributed by atoms with van der Waals surface area (Å²) < 4.78 is 0.